The zero-order valence-electron chi connectivity index (χ0n) is 19.8. The molecule has 6 nitrogen and oxygen atoms in total. The number of halogens is 1. The molecule has 1 aromatic rings. The Kier molecular flexibility index (Phi) is 10.8. The lowest BCUT2D eigenvalue weighted by Gasteiger charge is -2.40. The molecular formula is C24H42IN5O. The molecule has 2 aliphatic heterocycles. The summed E-state index contributed by atoms with van der Waals surface area (Å²) < 4.78 is 6.11. The first-order chi connectivity index (χ1) is 14.5. The van der Waals surface area contributed by atoms with E-state index in [1.165, 1.54) is 37.7 Å². The van der Waals surface area contributed by atoms with Gasteiger partial charge < -0.3 is 20.3 Å². The van der Waals surface area contributed by atoms with Crippen molar-refractivity contribution in [2.45, 2.75) is 71.9 Å². The standard InChI is InChI=1S/C24H41N5O.HI/c1-24(2,3)22-20(10-9-15-30-22)18-28-23(25-4)27-17-19-11-12-21(26-16-19)29-13-7-5-6-8-14-29;/h11-12,16,20,22H,5-10,13-15,17-18H2,1-4H3,(H2,25,27,28);1H. The number of anilines is 1. The second-order valence-corrected chi connectivity index (χ2v) is 9.79. The topological polar surface area (TPSA) is 61.8 Å². The Morgan fingerprint density at radius 3 is 2.48 bits per heavy atom. The van der Waals surface area contributed by atoms with Crippen LogP contribution in [0, 0.1) is 11.3 Å². The summed E-state index contributed by atoms with van der Waals surface area (Å²) in [5.74, 6) is 2.45. The molecule has 31 heavy (non-hydrogen) atoms. The highest BCUT2D eigenvalue weighted by Gasteiger charge is 2.35. The summed E-state index contributed by atoms with van der Waals surface area (Å²) in [5.41, 5.74) is 1.33. The number of rotatable bonds is 5. The van der Waals surface area contributed by atoms with E-state index in [1.807, 2.05) is 13.2 Å². The molecule has 0 aromatic carbocycles. The van der Waals surface area contributed by atoms with Crippen molar-refractivity contribution in [3.8, 4) is 0 Å². The zero-order valence-corrected chi connectivity index (χ0v) is 22.2. The van der Waals surface area contributed by atoms with Gasteiger partial charge in [0.05, 0.1) is 6.10 Å². The number of aromatic nitrogens is 1. The van der Waals surface area contributed by atoms with Crippen molar-refractivity contribution in [3.05, 3.63) is 23.9 Å². The zero-order chi connectivity index (χ0) is 21.4. The monoisotopic (exact) mass is 543 g/mol. The predicted octanol–water partition coefficient (Wildman–Crippen LogP) is 4.59. The molecule has 2 N–H and O–H groups in total. The molecule has 2 saturated heterocycles. The fraction of sp³-hybridized carbons (Fsp3) is 0.750. The Balaban J connectivity index is 0.00000341. The molecule has 2 aliphatic rings. The molecule has 0 amide bonds. The quantitative estimate of drug-likeness (QED) is 0.323. The lowest BCUT2D eigenvalue weighted by atomic mass is 9.78. The van der Waals surface area contributed by atoms with Crippen LogP contribution in [0.5, 0.6) is 0 Å². The van der Waals surface area contributed by atoms with Crippen LogP contribution in [0.25, 0.3) is 0 Å². The largest absolute Gasteiger partial charge is 0.377 e. The van der Waals surface area contributed by atoms with Crippen LogP contribution < -0.4 is 15.5 Å². The molecule has 2 fully saturated rings. The number of nitrogens with one attached hydrogen (secondary N) is 2. The first-order valence-electron chi connectivity index (χ1n) is 11.7. The van der Waals surface area contributed by atoms with Gasteiger partial charge in [0.1, 0.15) is 5.82 Å². The highest BCUT2D eigenvalue weighted by Crippen LogP contribution is 2.33. The van der Waals surface area contributed by atoms with Gasteiger partial charge in [0.15, 0.2) is 5.96 Å². The van der Waals surface area contributed by atoms with Crippen molar-refractivity contribution in [2.24, 2.45) is 16.3 Å². The molecule has 0 saturated carbocycles. The third kappa shape index (κ3) is 8.08. The maximum atomic E-state index is 6.11. The smallest absolute Gasteiger partial charge is 0.191 e. The van der Waals surface area contributed by atoms with Crippen molar-refractivity contribution in [3.63, 3.8) is 0 Å². The highest BCUT2D eigenvalue weighted by molar-refractivity contribution is 14.0. The van der Waals surface area contributed by atoms with Crippen molar-refractivity contribution in [1.29, 1.82) is 0 Å². The lowest BCUT2D eigenvalue weighted by molar-refractivity contribution is -0.0835. The van der Waals surface area contributed by atoms with E-state index >= 15 is 0 Å². The highest BCUT2D eigenvalue weighted by atomic mass is 127. The van der Waals surface area contributed by atoms with Crippen LogP contribution in [-0.4, -0.2) is 50.3 Å². The van der Waals surface area contributed by atoms with Gasteiger partial charge in [0.25, 0.3) is 0 Å². The Morgan fingerprint density at radius 2 is 1.87 bits per heavy atom. The van der Waals surface area contributed by atoms with Gasteiger partial charge >= 0.3 is 0 Å². The summed E-state index contributed by atoms with van der Waals surface area (Å²) in [4.78, 5) is 11.5. The summed E-state index contributed by atoms with van der Waals surface area (Å²) in [7, 11) is 1.83. The van der Waals surface area contributed by atoms with Gasteiger partial charge in [-0.3, -0.25) is 4.99 Å². The van der Waals surface area contributed by atoms with Crippen LogP contribution in [0.1, 0.15) is 64.9 Å². The number of hydrogen-bond donors (Lipinski definition) is 2. The van der Waals surface area contributed by atoms with E-state index in [9.17, 15) is 0 Å². The van der Waals surface area contributed by atoms with Crippen molar-refractivity contribution >= 4 is 35.8 Å². The van der Waals surface area contributed by atoms with Crippen LogP contribution in [0.2, 0.25) is 0 Å². The predicted molar refractivity (Wildman–Crippen MR) is 140 cm³/mol. The molecular weight excluding hydrogens is 501 g/mol. The van der Waals surface area contributed by atoms with Gasteiger partial charge in [-0.05, 0) is 42.7 Å². The maximum absolute atomic E-state index is 6.11. The fourth-order valence-corrected chi connectivity index (χ4v) is 4.65. The summed E-state index contributed by atoms with van der Waals surface area (Å²) in [5, 5.41) is 6.94. The van der Waals surface area contributed by atoms with Crippen LogP contribution in [0.15, 0.2) is 23.3 Å². The van der Waals surface area contributed by atoms with E-state index in [1.54, 1.807) is 0 Å². The van der Waals surface area contributed by atoms with E-state index in [4.69, 9.17) is 9.72 Å². The number of nitrogens with zero attached hydrogens (tertiary/aromatic N) is 3. The average molecular weight is 544 g/mol. The normalized spacial score (nSPS) is 23.0. The van der Waals surface area contributed by atoms with Gasteiger partial charge in [-0.25, -0.2) is 4.98 Å². The van der Waals surface area contributed by atoms with E-state index < -0.39 is 0 Å². The van der Waals surface area contributed by atoms with Crippen LogP contribution >= 0.6 is 24.0 Å². The maximum Gasteiger partial charge on any atom is 0.191 e. The number of pyridine rings is 1. The molecule has 3 heterocycles. The van der Waals surface area contributed by atoms with Crippen molar-refractivity contribution in [2.75, 3.05) is 38.2 Å². The van der Waals surface area contributed by atoms with Crippen LogP contribution in [-0.2, 0) is 11.3 Å². The average Bonchev–Trinajstić information content (AvgIpc) is 3.03. The number of hydrogen-bond acceptors (Lipinski definition) is 4. The van der Waals surface area contributed by atoms with Gasteiger partial charge in [-0.2, -0.15) is 0 Å². The third-order valence-corrected chi connectivity index (χ3v) is 6.25. The summed E-state index contributed by atoms with van der Waals surface area (Å²) >= 11 is 0. The SMILES string of the molecule is CN=C(NCc1ccc(N2CCCCCC2)nc1)NCC1CCCOC1C(C)(C)C.I. The van der Waals surface area contributed by atoms with Gasteiger partial charge in [0.2, 0.25) is 0 Å². The Bertz CT molecular complexity index is 666. The molecule has 0 bridgehead atoms. The van der Waals surface area contributed by atoms with Crippen molar-refractivity contribution in [1.82, 2.24) is 15.6 Å². The van der Waals surface area contributed by atoms with E-state index in [-0.39, 0.29) is 35.5 Å². The molecule has 0 radical (unpaired) electrons. The second kappa shape index (κ2) is 12.8. The molecule has 1 aromatic heterocycles. The van der Waals surface area contributed by atoms with E-state index in [2.05, 4.69) is 53.4 Å². The molecule has 176 valence electrons. The summed E-state index contributed by atoms with van der Waals surface area (Å²) in [6.07, 6.45) is 9.85. The molecule has 7 heteroatoms. The Morgan fingerprint density at radius 1 is 1.13 bits per heavy atom. The van der Waals surface area contributed by atoms with Gasteiger partial charge in [-0.15, -0.1) is 24.0 Å². The summed E-state index contributed by atoms with van der Waals surface area (Å²) in [6, 6.07) is 4.34. The third-order valence-electron chi connectivity index (χ3n) is 6.25. The van der Waals surface area contributed by atoms with Gasteiger partial charge in [-0.1, -0.05) is 39.7 Å². The molecule has 0 aliphatic carbocycles. The second-order valence-electron chi connectivity index (χ2n) is 9.79. The Hall–Kier alpha value is -1.09. The van der Waals surface area contributed by atoms with Crippen molar-refractivity contribution < 1.29 is 4.74 Å². The molecule has 0 spiro atoms. The minimum absolute atomic E-state index is 0. The molecule has 2 atom stereocenters. The van der Waals surface area contributed by atoms with Crippen LogP contribution in [0.3, 0.4) is 0 Å². The minimum atomic E-state index is 0. The minimum Gasteiger partial charge on any atom is -0.377 e. The first-order valence-corrected chi connectivity index (χ1v) is 11.7. The van der Waals surface area contributed by atoms with Crippen LogP contribution in [0.4, 0.5) is 5.82 Å². The number of aliphatic imine (C=N–C) groups is 1. The molecule has 2 unspecified atom stereocenters. The number of ether oxygens (including phenoxy) is 1. The lowest BCUT2D eigenvalue weighted by Crippen LogP contribution is -2.47. The van der Waals surface area contributed by atoms with Gasteiger partial charge in [0, 0.05) is 51.9 Å². The van der Waals surface area contributed by atoms with E-state index in [0.717, 1.165) is 51.0 Å². The fourth-order valence-electron chi connectivity index (χ4n) is 4.65. The molecule has 3 rings (SSSR count). The number of guanidine groups is 1. The Labute approximate surface area is 206 Å². The first kappa shape index (κ1) is 26.2. The van der Waals surface area contributed by atoms with E-state index in [0.29, 0.717) is 5.92 Å². The summed E-state index contributed by atoms with van der Waals surface area (Å²) in [6.45, 7) is 11.5.